The Morgan fingerprint density at radius 2 is 2.27 bits per heavy atom. The van der Waals surface area contributed by atoms with Gasteiger partial charge in [0, 0.05) is 5.39 Å². The van der Waals surface area contributed by atoms with E-state index in [1.807, 2.05) is 0 Å². The van der Waals surface area contributed by atoms with E-state index in [4.69, 9.17) is 9.63 Å². The first kappa shape index (κ1) is 9.67. The predicted octanol–water partition coefficient (Wildman–Crippen LogP) is 1.25. The lowest BCUT2D eigenvalue weighted by Gasteiger charge is -2.04. The molecule has 1 heterocycles. The molecule has 2 aromatic rings. The summed E-state index contributed by atoms with van der Waals surface area (Å²) in [6.45, 7) is 1.75. The van der Waals surface area contributed by atoms with Gasteiger partial charge in [-0.25, -0.2) is 4.79 Å². The summed E-state index contributed by atoms with van der Waals surface area (Å²) >= 11 is 0. The van der Waals surface area contributed by atoms with Gasteiger partial charge in [-0.05, 0) is 24.6 Å². The van der Waals surface area contributed by atoms with Crippen LogP contribution < -0.4 is 0 Å². The number of aliphatic hydroxyl groups excluding tert-OH is 1. The van der Waals surface area contributed by atoms with Crippen LogP contribution in [0.15, 0.2) is 22.7 Å². The van der Waals surface area contributed by atoms with Crippen molar-refractivity contribution in [1.29, 1.82) is 0 Å². The lowest BCUT2D eigenvalue weighted by Crippen LogP contribution is -2.10. The largest absolute Gasteiger partial charge is 0.479 e. The van der Waals surface area contributed by atoms with E-state index in [-0.39, 0.29) is 0 Å². The minimum atomic E-state index is -1.51. The van der Waals surface area contributed by atoms with E-state index in [0.29, 0.717) is 22.2 Å². The number of aliphatic carboxylic acids is 1. The van der Waals surface area contributed by atoms with Crippen LogP contribution in [0.3, 0.4) is 0 Å². The van der Waals surface area contributed by atoms with Gasteiger partial charge >= 0.3 is 5.97 Å². The normalized spacial score (nSPS) is 12.9. The molecule has 2 rings (SSSR count). The zero-order valence-corrected chi connectivity index (χ0v) is 7.97. The van der Waals surface area contributed by atoms with Crippen LogP contribution in [0.5, 0.6) is 0 Å². The van der Waals surface area contributed by atoms with Crippen LogP contribution >= 0.6 is 0 Å². The second-order valence-electron chi connectivity index (χ2n) is 3.26. The van der Waals surface area contributed by atoms with Gasteiger partial charge in [0.15, 0.2) is 11.7 Å². The topological polar surface area (TPSA) is 83.6 Å². The fourth-order valence-corrected chi connectivity index (χ4v) is 1.39. The Morgan fingerprint density at radius 3 is 2.93 bits per heavy atom. The van der Waals surface area contributed by atoms with Gasteiger partial charge in [0.05, 0.1) is 5.69 Å². The molecular weight excluding hydrogens is 198 g/mol. The molecule has 0 radical (unpaired) electrons. The van der Waals surface area contributed by atoms with E-state index in [2.05, 4.69) is 5.16 Å². The first-order chi connectivity index (χ1) is 7.09. The van der Waals surface area contributed by atoms with Crippen LogP contribution in [-0.4, -0.2) is 21.3 Å². The first-order valence-corrected chi connectivity index (χ1v) is 4.36. The van der Waals surface area contributed by atoms with E-state index in [9.17, 15) is 9.90 Å². The second-order valence-corrected chi connectivity index (χ2v) is 3.26. The van der Waals surface area contributed by atoms with Gasteiger partial charge in [-0.3, -0.25) is 0 Å². The molecule has 0 amide bonds. The fourth-order valence-electron chi connectivity index (χ4n) is 1.39. The number of carboxylic acids is 1. The number of aryl methyl sites for hydroxylation is 1. The van der Waals surface area contributed by atoms with Gasteiger partial charge in [-0.1, -0.05) is 11.2 Å². The number of aliphatic hydroxyl groups is 1. The number of carbonyl (C=O) groups is 1. The molecule has 0 saturated carbocycles. The van der Waals surface area contributed by atoms with Gasteiger partial charge in [0.2, 0.25) is 0 Å². The quantitative estimate of drug-likeness (QED) is 0.774. The van der Waals surface area contributed by atoms with Crippen molar-refractivity contribution in [3.63, 3.8) is 0 Å². The summed E-state index contributed by atoms with van der Waals surface area (Å²) in [5.74, 6) is -1.27. The molecule has 1 unspecified atom stereocenters. The average molecular weight is 207 g/mol. The average Bonchev–Trinajstić information content (AvgIpc) is 2.59. The van der Waals surface area contributed by atoms with Gasteiger partial charge in [-0.2, -0.15) is 0 Å². The highest BCUT2D eigenvalue weighted by molar-refractivity contribution is 5.82. The molecule has 2 N–H and O–H groups in total. The fraction of sp³-hybridized carbons (Fsp3) is 0.200. The molecule has 0 aliphatic carbocycles. The van der Waals surface area contributed by atoms with Crippen LogP contribution in [0, 0.1) is 6.92 Å². The number of carboxylic acid groups (broad SMARTS) is 1. The summed E-state index contributed by atoms with van der Waals surface area (Å²) in [4.78, 5) is 10.6. The van der Waals surface area contributed by atoms with Crippen LogP contribution in [-0.2, 0) is 4.79 Å². The molecule has 0 saturated heterocycles. The molecule has 0 aliphatic rings. The van der Waals surface area contributed by atoms with Crippen LogP contribution in [0.2, 0.25) is 0 Å². The molecule has 1 atom stereocenters. The summed E-state index contributed by atoms with van der Waals surface area (Å²) in [6.07, 6.45) is -1.51. The molecule has 15 heavy (non-hydrogen) atoms. The Balaban J connectivity index is 2.54. The van der Waals surface area contributed by atoms with Crippen LogP contribution in [0.25, 0.3) is 11.0 Å². The minimum absolute atomic E-state index is 0.321. The molecule has 78 valence electrons. The first-order valence-electron chi connectivity index (χ1n) is 4.36. The highest BCUT2D eigenvalue weighted by atomic mass is 16.5. The van der Waals surface area contributed by atoms with Crippen molar-refractivity contribution in [3.05, 3.63) is 29.5 Å². The van der Waals surface area contributed by atoms with Gasteiger partial charge in [0.1, 0.15) is 0 Å². The predicted molar refractivity (Wildman–Crippen MR) is 51.3 cm³/mol. The van der Waals surface area contributed by atoms with E-state index in [0.717, 1.165) is 0 Å². The molecule has 5 heteroatoms. The van der Waals surface area contributed by atoms with Crippen LogP contribution in [0.1, 0.15) is 17.4 Å². The highest BCUT2D eigenvalue weighted by Gasteiger charge is 2.17. The maximum atomic E-state index is 10.6. The molecule has 1 aromatic heterocycles. The van der Waals surface area contributed by atoms with Crippen molar-refractivity contribution in [3.8, 4) is 0 Å². The van der Waals surface area contributed by atoms with Crippen molar-refractivity contribution >= 4 is 16.9 Å². The number of hydrogen-bond donors (Lipinski definition) is 2. The van der Waals surface area contributed by atoms with E-state index in [1.54, 1.807) is 19.1 Å². The molecule has 0 fully saturated rings. The van der Waals surface area contributed by atoms with Crippen molar-refractivity contribution in [1.82, 2.24) is 5.16 Å². The second kappa shape index (κ2) is 3.36. The van der Waals surface area contributed by atoms with E-state index >= 15 is 0 Å². The maximum Gasteiger partial charge on any atom is 0.337 e. The Kier molecular flexibility index (Phi) is 2.17. The maximum absolute atomic E-state index is 10.6. The number of rotatable bonds is 2. The number of fused-ring (bicyclic) bond motifs is 1. The number of benzene rings is 1. The molecular formula is C10H9NO4. The molecule has 0 aliphatic heterocycles. The molecule has 0 bridgehead atoms. The van der Waals surface area contributed by atoms with Gasteiger partial charge in [-0.15, -0.1) is 0 Å². The third-order valence-electron chi connectivity index (χ3n) is 2.22. The van der Waals surface area contributed by atoms with Gasteiger partial charge < -0.3 is 14.7 Å². The minimum Gasteiger partial charge on any atom is -0.479 e. The molecule has 0 spiro atoms. The zero-order chi connectivity index (χ0) is 11.0. The summed E-state index contributed by atoms with van der Waals surface area (Å²) in [5.41, 5.74) is 1.57. The molecule has 1 aromatic carbocycles. The summed E-state index contributed by atoms with van der Waals surface area (Å²) in [7, 11) is 0. The van der Waals surface area contributed by atoms with Gasteiger partial charge in [0.25, 0.3) is 0 Å². The Labute approximate surface area is 84.9 Å². The summed E-state index contributed by atoms with van der Waals surface area (Å²) < 4.78 is 4.96. The Bertz CT molecular complexity index is 517. The SMILES string of the molecule is Cc1noc2ccc(C(O)C(=O)O)cc12. The standard InChI is InChI=1S/C10H9NO4/c1-5-7-4-6(9(12)10(13)14)2-3-8(7)15-11-5/h2-4,9,12H,1H3,(H,13,14). The van der Waals surface area contributed by atoms with Crippen molar-refractivity contribution in [2.45, 2.75) is 13.0 Å². The highest BCUT2D eigenvalue weighted by Crippen LogP contribution is 2.22. The summed E-state index contributed by atoms with van der Waals surface area (Å²) in [5, 5.41) is 22.4. The Hall–Kier alpha value is -1.88. The third-order valence-corrected chi connectivity index (χ3v) is 2.22. The number of nitrogens with zero attached hydrogens (tertiary/aromatic N) is 1. The lowest BCUT2D eigenvalue weighted by molar-refractivity contribution is -0.146. The third kappa shape index (κ3) is 1.57. The van der Waals surface area contributed by atoms with Crippen molar-refractivity contribution in [2.75, 3.05) is 0 Å². The van der Waals surface area contributed by atoms with Crippen molar-refractivity contribution in [2.24, 2.45) is 0 Å². The lowest BCUT2D eigenvalue weighted by atomic mass is 10.1. The van der Waals surface area contributed by atoms with E-state index < -0.39 is 12.1 Å². The smallest absolute Gasteiger partial charge is 0.337 e. The summed E-state index contributed by atoms with van der Waals surface area (Å²) in [6, 6.07) is 4.67. The van der Waals surface area contributed by atoms with E-state index in [1.165, 1.54) is 6.07 Å². The Morgan fingerprint density at radius 1 is 1.53 bits per heavy atom. The monoisotopic (exact) mass is 207 g/mol. The molecule has 5 nitrogen and oxygen atoms in total. The number of aromatic nitrogens is 1. The van der Waals surface area contributed by atoms with Crippen LogP contribution in [0.4, 0.5) is 0 Å². The zero-order valence-electron chi connectivity index (χ0n) is 7.97. The van der Waals surface area contributed by atoms with Crippen molar-refractivity contribution < 1.29 is 19.5 Å². The number of hydrogen-bond acceptors (Lipinski definition) is 4.